The van der Waals surface area contributed by atoms with Crippen LogP contribution in [0.4, 0.5) is 4.39 Å². The zero-order chi connectivity index (χ0) is 14.0. The zero-order valence-corrected chi connectivity index (χ0v) is 11.7. The summed E-state index contributed by atoms with van der Waals surface area (Å²) in [7, 11) is 0. The van der Waals surface area contributed by atoms with Crippen molar-refractivity contribution in [1.29, 1.82) is 0 Å². The predicted octanol–water partition coefficient (Wildman–Crippen LogP) is 2.69. The predicted molar refractivity (Wildman–Crippen MR) is 72.9 cm³/mol. The van der Waals surface area contributed by atoms with Gasteiger partial charge in [0, 0.05) is 0 Å². The van der Waals surface area contributed by atoms with Gasteiger partial charge in [0.25, 0.3) is 0 Å². The maximum absolute atomic E-state index is 14.0. The molecular weight excluding hydrogens is 243 g/mol. The largest absolute Gasteiger partial charge is 0.309 e. The van der Waals surface area contributed by atoms with Gasteiger partial charge in [0.15, 0.2) is 0 Å². The summed E-state index contributed by atoms with van der Waals surface area (Å²) in [5.41, 5.74) is 3.03. The minimum Gasteiger partial charge on any atom is -0.309 e. The van der Waals surface area contributed by atoms with E-state index in [2.05, 4.69) is 15.6 Å². The first-order chi connectivity index (χ1) is 9.04. The summed E-state index contributed by atoms with van der Waals surface area (Å²) in [6.45, 7) is 8.68. The van der Waals surface area contributed by atoms with E-state index >= 15 is 0 Å². The molecule has 0 saturated heterocycles. The summed E-state index contributed by atoms with van der Waals surface area (Å²) < 4.78 is 15.5. The lowest BCUT2D eigenvalue weighted by Crippen LogP contribution is -2.19. The average Bonchev–Trinajstić information content (AvgIpc) is 2.72. The third-order valence-electron chi connectivity index (χ3n) is 3.18. The van der Waals surface area contributed by atoms with E-state index in [0.29, 0.717) is 5.69 Å². The third-order valence-corrected chi connectivity index (χ3v) is 3.18. The lowest BCUT2D eigenvalue weighted by atomic mass is 10.2. The molecule has 0 saturated carbocycles. The Morgan fingerprint density at radius 1 is 1.37 bits per heavy atom. The highest BCUT2D eigenvalue weighted by Gasteiger charge is 2.17. The van der Waals surface area contributed by atoms with Crippen LogP contribution in [0, 0.1) is 19.7 Å². The fourth-order valence-corrected chi connectivity index (χ4v) is 2.16. The highest BCUT2D eigenvalue weighted by Crippen LogP contribution is 2.20. The van der Waals surface area contributed by atoms with Crippen LogP contribution in [0.25, 0.3) is 5.69 Å². The molecule has 0 fully saturated rings. The average molecular weight is 262 g/mol. The first-order valence-electron chi connectivity index (χ1n) is 6.46. The van der Waals surface area contributed by atoms with Crippen molar-refractivity contribution in [2.45, 2.75) is 33.7 Å². The SMILES string of the molecule is CCNC(C)c1nnn(-c2ccc(C)cc2F)c1C. The number of aryl methyl sites for hydroxylation is 1. The van der Waals surface area contributed by atoms with Gasteiger partial charge >= 0.3 is 0 Å². The summed E-state index contributed by atoms with van der Waals surface area (Å²) >= 11 is 0. The molecule has 1 aromatic heterocycles. The van der Waals surface area contributed by atoms with E-state index in [1.54, 1.807) is 10.7 Å². The second-order valence-electron chi connectivity index (χ2n) is 4.71. The lowest BCUT2D eigenvalue weighted by Gasteiger charge is -2.10. The molecule has 0 bridgehead atoms. The molecule has 2 aromatic rings. The van der Waals surface area contributed by atoms with Crippen LogP contribution in [-0.2, 0) is 0 Å². The van der Waals surface area contributed by atoms with Gasteiger partial charge in [0.2, 0.25) is 0 Å². The van der Waals surface area contributed by atoms with Crippen LogP contribution < -0.4 is 5.32 Å². The van der Waals surface area contributed by atoms with E-state index in [1.807, 2.05) is 33.8 Å². The summed E-state index contributed by atoms with van der Waals surface area (Å²) in [5.74, 6) is -0.282. The number of nitrogens with one attached hydrogen (secondary N) is 1. The van der Waals surface area contributed by atoms with Gasteiger partial charge < -0.3 is 5.32 Å². The van der Waals surface area contributed by atoms with Gasteiger partial charge in [-0.05, 0) is 45.0 Å². The van der Waals surface area contributed by atoms with Crippen molar-refractivity contribution in [1.82, 2.24) is 20.3 Å². The molecule has 0 radical (unpaired) electrons. The van der Waals surface area contributed by atoms with Crippen LogP contribution in [0.5, 0.6) is 0 Å². The highest BCUT2D eigenvalue weighted by molar-refractivity contribution is 5.37. The van der Waals surface area contributed by atoms with E-state index in [4.69, 9.17) is 0 Å². The minimum absolute atomic E-state index is 0.104. The van der Waals surface area contributed by atoms with E-state index in [-0.39, 0.29) is 11.9 Å². The zero-order valence-electron chi connectivity index (χ0n) is 11.7. The molecule has 1 heterocycles. The number of rotatable bonds is 4. The molecule has 4 nitrogen and oxygen atoms in total. The Hall–Kier alpha value is -1.75. The second kappa shape index (κ2) is 5.48. The van der Waals surface area contributed by atoms with Crippen LogP contribution in [0.3, 0.4) is 0 Å². The standard InChI is InChI=1S/C14H19FN4/c1-5-16-10(3)14-11(4)19(18-17-14)13-7-6-9(2)8-12(13)15/h6-8,10,16H,5H2,1-4H3. The smallest absolute Gasteiger partial charge is 0.149 e. The van der Waals surface area contributed by atoms with E-state index in [9.17, 15) is 4.39 Å². The van der Waals surface area contributed by atoms with Crippen molar-refractivity contribution in [2.24, 2.45) is 0 Å². The van der Waals surface area contributed by atoms with Crippen LogP contribution in [-0.4, -0.2) is 21.5 Å². The van der Waals surface area contributed by atoms with Crippen LogP contribution >= 0.6 is 0 Å². The summed E-state index contributed by atoms with van der Waals surface area (Å²) in [5, 5.41) is 11.5. The van der Waals surface area contributed by atoms with Crippen LogP contribution in [0.1, 0.15) is 36.8 Å². The van der Waals surface area contributed by atoms with E-state index in [0.717, 1.165) is 23.5 Å². The molecule has 0 amide bonds. The minimum atomic E-state index is -0.282. The summed E-state index contributed by atoms with van der Waals surface area (Å²) in [6.07, 6.45) is 0. The van der Waals surface area contributed by atoms with E-state index in [1.165, 1.54) is 6.07 Å². The van der Waals surface area contributed by atoms with Crippen molar-refractivity contribution in [3.05, 3.63) is 41.0 Å². The van der Waals surface area contributed by atoms with Gasteiger partial charge in [0.1, 0.15) is 17.2 Å². The maximum atomic E-state index is 14.0. The Morgan fingerprint density at radius 3 is 2.74 bits per heavy atom. The van der Waals surface area contributed by atoms with E-state index < -0.39 is 0 Å². The van der Waals surface area contributed by atoms with Gasteiger partial charge in [-0.3, -0.25) is 0 Å². The Labute approximate surface area is 112 Å². The van der Waals surface area contributed by atoms with Crippen molar-refractivity contribution in [2.75, 3.05) is 6.54 Å². The summed E-state index contributed by atoms with van der Waals surface area (Å²) in [6, 6.07) is 5.21. The Morgan fingerprint density at radius 2 is 2.11 bits per heavy atom. The van der Waals surface area contributed by atoms with Crippen molar-refractivity contribution in [3.63, 3.8) is 0 Å². The number of hydrogen-bond donors (Lipinski definition) is 1. The molecule has 2 rings (SSSR count). The lowest BCUT2D eigenvalue weighted by molar-refractivity contribution is 0.579. The van der Waals surface area contributed by atoms with Gasteiger partial charge in [-0.15, -0.1) is 5.10 Å². The quantitative estimate of drug-likeness (QED) is 0.921. The molecule has 102 valence electrons. The number of hydrogen-bond acceptors (Lipinski definition) is 3. The van der Waals surface area contributed by atoms with Crippen molar-refractivity contribution in [3.8, 4) is 5.69 Å². The molecule has 1 unspecified atom stereocenters. The Bertz CT molecular complexity index is 577. The first kappa shape index (κ1) is 13.7. The molecule has 5 heteroatoms. The normalized spacial score (nSPS) is 12.7. The van der Waals surface area contributed by atoms with Gasteiger partial charge in [0.05, 0.1) is 11.7 Å². The third kappa shape index (κ3) is 2.66. The molecule has 0 aliphatic heterocycles. The maximum Gasteiger partial charge on any atom is 0.149 e. The highest BCUT2D eigenvalue weighted by atomic mass is 19.1. The van der Waals surface area contributed by atoms with Gasteiger partial charge in [-0.1, -0.05) is 18.2 Å². The van der Waals surface area contributed by atoms with Crippen molar-refractivity contribution < 1.29 is 4.39 Å². The monoisotopic (exact) mass is 262 g/mol. The first-order valence-corrected chi connectivity index (χ1v) is 6.46. The molecule has 1 atom stereocenters. The number of benzene rings is 1. The topological polar surface area (TPSA) is 42.7 Å². The number of nitrogens with zero attached hydrogens (tertiary/aromatic N) is 3. The molecule has 0 spiro atoms. The molecular formula is C14H19FN4. The van der Waals surface area contributed by atoms with Gasteiger partial charge in [-0.2, -0.15) is 0 Å². The Balaban J connectivity index is 2.41. The molecule has 19 heavy (non-hydrogen) atoms. The Kier molecular flexibility index (Phi) is 3.95. The fraction of sp³-hybridized carbons (Fsp3) is 0.429. The summed E-state index contributed by atoms with van der Waals surface area (Å²) in [4.78, 5) is 0. The molecule has 0 aliphatic rings. The van der Waals surface area contributed by atoms with Crippen LogP contribution in [0.15, 0.2) is 18.2 Å². The molecule has 1 aromatic carbocycles. The van der Waals surface area contributed by atoms with Crippen molar-refractivity contribution >= 4 is 0 Å². The second-order valence-corrected chi connectivity index (χ2v) is 4.71. The number of aromatic nitrogens is 3. The van der Waals surface area contributed by atoms with Crippen LogP contribution in [0.2, 0.25) is 0 Å². The van der Waals surface area contributed by atoms with Gasteiger partial charge in [-0.25, -0.2) is 9.07 Å². The fourth-order valence-electron chi connectivity index (χ4n) is 2.16. The molecule has 0 aliphatic carbocycles. The molecule has 1 N–H and O–H groups in total. The number of halogens is 1.